The molecule has 1 fully saturated rings. The summed E-state index contributed by atoms with van der Waals surface area (Å²) in [5.41, 5.74) is 4.62. The molecule has 1 amide bonds. The Bertz CT molecular complexity index is 1100. The van der Waals surface area contributed by atoms with Crippen LogP contribution < -0.4 is 4.74 Å². The van der Waals surface area contributed by atoms with Crippen LogP contribution in [0.15, 0.2) is 54.7 Å². The number of piperidine rings is 1. The number of benzene rings is 2. The van der Waals surface area contributed by atoms with Crippen LogP contribution in [0.1, 0.15) is 45.6 Å². The maximum Gasteiger partial charge on any atom is 0.300 e. The first kappa shape index (κ1) is 24.2. The maximum absolute atomic E-state index is 12.7. The Morgan fingerprint density at radius 3 is 2.45 bits per heavy atom. The molecule has 3 aromatic rings. The number of carboxylic acids is 1. The van der Waals surface area contributed by atoms with Crippen LogP contribution in [0.5, 0.6) is 5.75 Å². The molecule has 1 aliphatic rings. The molecule has 2 aromatic carbocycles. The van der Waals surface area contributed by atoms with Gasteiger partial charge in [-0.25, -0.2) is 0 Å². The molecule has 0 saturated carbocycles. The number of carbonyl (C=O) groups excluding carboxylic acids is 1. The lowest BCUT2D eigenvalue weighted by molar-refractivity contribution is -0.139. The number of hydrogen-bond acceptors (Lipinski definition) is 4. The average molecular weight is 449 g/mol. The molecule has 1 atom stereocenters. The van der Waals surface area contributed by atoms with Gasteiger partial charge in [-0.05, 0) is 67.5 Å². The van der Waals surface area contributed by atoms with Crippen LogP contribution in [0.4, 0.5) is 0 Å². The summed E-state index contributed by atoms with van der Waals surface area (Å²) in [4.78, 5) is 28.1. The lowest BCUT2D eigenvalue weighted by Gasteiger charge is -2.29. The van der Waals surface area contributed by atoms with Crippen molar-refractivity contribution in [3.8, 4) is 16.9 Å². The molecule has 0 spiro atoms. The summed E-state index contributed by atoms with van der Waals surface area (Å²) in [6, 6.07) is 16.5. The number of nitrogens with zero attached hydrogens (tertiary/aromatic N) is 2. The van der Waals surface area contributed by atoms with Crippen molar-refractivity contribution < 1.29 is 19.4 Å². The highest BCUT2D eigenvalue weighted by Gasteiger charge is 2.23. The molecule has 1 saturated heterocycles. The lowest BCUT2D eigenvalue weighted by atomic mass is 9.95. The number of aliphatic carboxylic acids is 1. The fourth-order valence-corrected chi connectivity index (χ4v) is 4.15. The van der Waals surface area contributed by atoms with Crippen molar-refractivity contribution in [3.05, 3.63) is 60.3 Å². The van der Waals surface area contributed by atoms with Gasteiger partial charge in [0, 0.05) is 37.7 Å². The van der Waals surface area contributed by atoms with Crippen molar-refractivity contribution in [2.75, 3.05) is 13.1 Å². The lowest BCUT2D eigenvalue weighted by Crippen LogP contribution is -2.43. The number of ether oxygens (including phenoxy) is 1. The second-order valence-electron chi connectivity index (χ2n) is 8.21. The number of aryl methyl sites for hydroxylation is 1. The fraction of sp³-hybridized carbons (Fsp3) is 0.370. The average Bonchev–Trinajstić information content (AvgIpc) is 2.83. The number of pyridine rings is 1. The van der Waals surface area contributed by atoms with Gasteiger partial charge >= 0.3 is 0 Å². The standard InChI is InChI=1S/C25H28N2O2.C2H4O2/c1-3-19-9-5-6-10-21(19)22-13-14-26-24-17-20(11-12-23(22)24)29-18(2)25(28)27-15-7-4-8-16-27;1-2(3)4/h5-6,9-14,17-18H,3-4,7-8,15-16H2,1-2H3;1H3,(H,3,4). The first-order valence-electron chi connectivity index (χ1n) is 11.5. The Balaban J connectivity index is 0.000000709. The Kier molecular flexibility index (Phi) is 8.41. The van der Waals surface area contributed by atoms with Gasteiger partial charge in [0.05, 0.1) is 5.52 Å². The van der Waals surface area contributed by atoms with Crippen LogP contribution in [-0.2, 0) is 16.0 Å². The third-order valence-electron chi connectivity index (χ3n) is 5.73. The third kappa shape index (κ3) is 6.31. The van der Waals surface area contributed by atoms with Crippen molar-refractivity contribution in [3.63, 3.8) is 0 Å². The van der Waals surface area contributed by atoms with Gasteiger partial charge in [-0.3, -0.25) is 14.6 Å². The minimum atomic E-state index is -0.833. The van der Waals surface area contributed by atoms with Crippen molar-refractivity contribution in [2.24, 2.45) is 0 Å². The number of fused-ring (bicyclic) bond motifs is 1. The van der Waals surface area contributed by atoms with Crippen molar-refractivity contribution in [1.29, 1.82) is 0 Å². The number of hydrogen-bond donors (Lipinski definition) is 1. The summed E-state index contributed by atoms with van der Waals surface area (Å²) in [7, 11) is 0. The Morgan fingerprint density at radius 2 is 1.76 bits per heavy atom. The Labute approximate surface area is 195 Å². The van der Waals surface area contributed by atoms with E-state index >= 15 is 0 Å². The molecule has 0 bridgehead atoms. The summed E-state index contributed by atoms with van der Waals surface area (Å²) < 4.78 is 6.00. The molecule has 1 aliphatic heterocycles. The highest BCUT2D eigenvalue weighted by Crippen LogP contribution is 2.32. The van der Waals surface area contributed by atoms with E-state index in [0.29, 0.717) is 5.75 Å². The molecule has 174 valence electrons. The van der Waals surface area contributed by atoms with E-state index in [4.69, 9.17) is 14.6 Å². The van der Waals surface area contributed by atoms with Gasteiger partial charge in [-0.1, -0.05) is 31.2 Å². The van der Waals surface area contributed by atoms with Gasteiger partial charge in [0.1, 0.15) is 5.75 Å². The molecule has 0 radical (unpaired) electrons. The van der Waals surface area contributed by atoms with E-state index in [2.05, 4.69) is 48.3 Å². The number of carboxylic acid groups (broad SMARTS) is 1. The minimum absolute atomic E-state index is 0.0726. The SMILES string of the molecule is CC(=O)O.CCc1ccccc1-c1ccnc2cc(OC(C)C(=O)N3CCCCC3)ccc12. The number of likely N-dealkylation sites (tertiary alicyclic amines) is 1. The van der Waals surface area contributed by atoms with E-state index in [1.165, 1.54) is 23.1 Å². The molecule has 1 unspecified atom stereocenters. The number of aromatic nitrogens is 1. The van der Waals surface area contributed by atoms with Crippen LogP contribution in [0.25, 0.3) is 22.0 Å². The summed E-state index contributed by atoms with van der Waals surface area (Å²) in [6.45, 7) is 6.77. The van der Waals surface area contributed by atoms with E-state index in [-0.39, 0.29) is 5.91 Å². The van der Waals surface area contributed by atoms with E-state index in [1.807, 2.05) is 30.2 Å². The minimum Gasteiger partial charge on any atom is -0.481 e. The van der Waals surface area contributed by atoms with Crippen LogP contribution in [-0.4, -0.2) is 46.1 Å². The Morgan fingerprint density at radius 1 is 1.06 bits per heavy atom. The van der Waals surface area contributed by atoms with Crippen molar-refractivity contribution in [1.82, 2.24) is 9.88 Å². The first-order valence-corrected chi connectivity index (χ1v) is 11.5. The monoisotopic (exact) mass is 448 g/mol. The molecule has 6 nitrogen and oxygen atoms in total. The fourth-order valence-electron chi connectivity index (χ4n) is 4.15. The highest BCUT2D eigenvalue weighted by molar-refractivity contribution is 5.95. The zero-order chi connectivity index (χ0) is 23.8. The van der Waals surface area contributed by atoms with E-state index in [1.54, 1.807) is 0 Å². The summed E-state index contributed by atoms with van der Waals surface area (Å²) in [5, 5.41) is 8.51. The maximum atomic E-state index is 12.7. The predicted octanol–water partition coefficient (Wildman–Crippen LogP) is 5.33. The molecule has 1 aromatic heterocycles. The molecule has 33 heavy (non-hydrogen) atoms. The van der Waals surface area contributed by atoms with Crippen LogP contribution in [0.3, 0.4) is 0 Å². The summed E-state index contributed by atoms with van der Waals surface area (Å²) in [5.74, 6) is -0.0767. The van der Waals surface area contributed by atoms with E-state index in [9.17, 15) is 4.79 Å². The largest absolute Gasteiger partial charge is 0.481 e. The molecular weight excluding hydrogens is 416 g/mol. The zero-order valence-electron chi connectivity index (χ0n) is 19.6. The van der Waals surface area contributed by atoms with Crippen LogP contribution in [0, 0.1) is 0 Å². The topological polar surface area (TPSA) is 79.7 Å². The van der Waals surface area contributed by atoms with E-state index < -0.39 is 12.1 Å². The van der Waals surface area contributed by atoms with Gasteiger partial charge in [-0.2, -0.15) is 0 Å². The second kappa shape index (κ2) is 11.5. The quantitative estimate of drug-likeness (QED) is 0.570. The third-order valence-corrected chi connectivity index (χ3v) is 5.73. The van der Waals surface area contributed by atoms with Gasteiger partial charge in [0.25, 0.3) is 11.9 Å². The smallest absolute Gasteiger partial charge is 0.300 e. The van der Waals surface area contributed by atoms with Gasteiger partial charge in [0.2, 0.25) is 0 Å². The van der Waals surface area contributed by atoms with Gasteiger partial charge < -0.3 is 14.7 Å². The first-order chi connectivity index (χ1) is 15.9. The second-order valence-corrected chi connectivity index (χ2v) is 8.21. The molecule has 2 heterocycles. The Hall–Kier alpha value is -3.41. The molecular formula is C27H32N2O4. The van der Waals surface area contributed by atoms with Crippen LogP contribution in [0.2, 0.25) is 0 Å². The molecule has 0 aliphatic carbocycles. The van der Waals surface area contributed by atoms with Crippen molar-refractivity contribution >= 4 is 22.8 Å². The number of carbonyl (C=O) groups is 2. The molecule has 4 rings (SSSR count). The van der Waals surface area contributed by atoms with Crippen LogP contribution >= 0.6 is 0 Å². The summed E-state index contributed by atoms with van der Waals surface area (Å²) in [6.07, 6.45) is 5.71. The number of amides is 1. The highest BCUT2D eigenvalue weighted by atomic mass is 16.5. The predicted molar refractivity (Wildman–Crippen MR) is 130 cm³/mol. The van der Waals surface area contributed by atoms with Crippen molar-refractivity contribution in [2.45, 2.75) is 52.6 Å². The number of rotatable bonds is 5. The van der Waals surface area contributed by atoms with Gasteiger partial charge in [-0.15, -0.1) is 0 Å². The van der Waals surface area contributed by atoms with E-state index in [0.717, 1.165) is 50.2 Å². The molecule has 1 N–H and O–H groups in total. The summed E-state index contributed by atoms with van der Waals surface area (Å²) >= 11 is 0. The zero-order valence-corrected chi connectivity index (χ0v) is 19.6. The van der Waals surface area contributed by atoms with Gasteiger partial charge in [0.15, 0.2) is 6.10 Å². The normalized spacial score (nSPS) is 14.2. The molecule has 6 heteroatoms.